The number of carbonyl (C=O) groups excluding carboxylic acids is 1. The van der Waals surface area contributed by atoms with Gasteiger partial charge in [-0.05, 0) is 63.2 Å². The van der Waals surface area contributed by atoms with Gasteiger partial charge in [-0.15, -0.1) is 21.5 Å². The Bertz CT molecular complexity index is 811. The molecule has 4 aliphatic rings. The second-order valence-corrected chi connectivity index (χ2v) is 10.5. The molecule has 2 aromatic heterocycles. The molecule has 1 amide bonds. The number of nitrogens with one attached hydrogen (secondary N) is 1. The first-order chi connectivity index (χ1) is 13.1. The number of aryl methyl sites for hydroxylation is 1. The normalized spacial score (nSPS) is 31.4. The van der Waals surface area contributed by atoms with Gasteiger partial charge in [-0.3, -0.25) is 4.79 Å². The zero-order chi connectivity index (χ0) is 18.4. The molecule has 6 rings (SSSR count). The number of carbonyl (C=O) groups is 1. The number of hydrogen-bond acceptors (Lipinski definition) is 7. The zero-order valence-corrected chi connectivity index (χ0v) is 17.1. The molecule has 0 spiro atoms. The molecule has 4 bridgehead atoms. The topological polar surface area (TPSA) is 80.9 Å². The standard InChI is InChI=1S/C19H24N4O2S2/c1-11-20-15(9-26-11)5-17-22-23-18(25-17)27-10-16(24)21-19-6-12-2-13(7-19)4-14(3-12)8-19/h9,12-14H,2-8,10H2,1H3,(H,21,24). The first kappa shape index (κ1) is 17.7. The average molecular weight is 405 g/mol. The summed E-state index contributed by atoms with van der Waals surface area (Å²) in [5.74, 6) is 3.46. The highest BCUT2D eigenvalue weighted by Crippen LogP contribution is 2.55. The molecular weight excluding hydrogens is 380 g/mol. The molecular formula is C19H24N4O2S2. The van der Waals surface area contributed by atoms with Crippen molar-refractivity contribution in [3.63, 3.8) is 0 Å². The minimum Gasteiger partial charge on any atom is -0.416 e. The number of thioether (sulfide) groups is 1. The Morgan fingerprint density at radius 2 is 1.96 bits per heavy atom. The summed E-state index contributed by atoms with van der Waals surface area (Å²) in [5.41, 5.74) is 1.01. The van der Waals surface area contributed by atoms with Gasteiger partial charge in [0.25, 0.3) is 5.22 Å². The van der Waals surface area contributed by atoms with Gasteiger partial charge >= 0.3 is 0 Å². The quantitative estimate of drug-likeness (QED) is 0.741. The summed E-state index contributed by atoms with van der Waals surface area (Å²) in [5, 5.41) is 15.0. The van der Waals surface area contributed by atoms with E-state index in [4.69, 9.17) is 4.42 Å². The summed E-state index contributed by atoms with van der Waals surface area (Å²) in [7, 11) is 0. The molecule has 27 heavy (non-hydrogen) atoms. The predicted octanol–water partition coefficient (Wildman–Crippen LogP) is 3.60. The van der Waals surface area contributed by atoms with Crippen molar-refractivity contribution >= 4 is 29.0 Å². The fourth-order valence-corrected chi connectivity index (χ4v) is 6.93. The van der Waals surface area contributed by atoms with Crippen LogP contribution in [0.3, 0.4) is 0 Å². The van der Waals surface area contributed by atoms with Gasteiger partial charge in [-0.25, -0.2) is 4.98 Å². The van der Waals surface area contributed by atoms with Gasteiger partial charge in [0.15, 0.2) is 0 Å². The van der Waals surface area contributed by atoms with Crippen LogP contribution in [-0.2, 0) is 11.2 Å². The number of rotatable bonds is 6. The van der Waals surface area contributed by atoms with Crippen LogP contribution in [0.4, 0.5) is 0 Å². The van der Waals surface area contributed by atoms with E-state index in [1.165, 1.54) is 50.3 Å². The van der Waals surface area contributed by atoms with Crippen LogP contribution in [-0.4, -0.2) is 32.4 Å². The summed E-state index contributed by atoms with van der Waals surface area (Å²) in [6.07, 6.45) is 8.21. The van der Waals surface area contributed by atoms with Crippen molar-refractivity contribution in [3.8, 4) is 0 Å². The third-order valence-electron chi connectivity index (χ3n) is 6.22. The number of hydrogen-bond donors (Lipinski definition) is 1. The molecule has 0 aliphatic heterocycles. The number of aromatic nitrogens is 3. The molecule has 8 heteroatoms. The highest BCUT2D eigenvalue weighted by Gasteiger charge is 2.51. The molecule has 0 aromatic carbocycles. The van der Waals surface area contributed by atoms with Crippen LogP contribution in [0.5, 0.6) is 0 Å². The van der Waals surface area contributed by atoms with Gasteiger partial charge in [-0.2, -0.15) is 0 Å². The maximum Gasteiger partial charge on any atom is 0.277 e. The van der Waals surface area contributed by atoms with Crippen LogP contribution < -0.4 is 5.32 Å². The maximum atomic E-state index is 12.6. The first-order valence-electron chi connectivity index (χ1n) is 9.72. The van der Waals surface area contributed by atoms with Gasteiger partial charge in [0.2, 0.25) is 11.8 Å². The first-order valence-corrected chi connectivity index (χ1v) is 11.6. The lowest BCUT2D eigenvalue weighted by atomic mass is 9.53. The highest BCUT2D eigenvalue weighted by atomic mass is 32.2. The van der Waals surface area contributed by atoms with Crippen molar-refractivity contribution in [3.05, 3.63) is 22.0 Å². The SMILES string of the molecule is Cc1nc(Cc2nnc(SCC(=O)NC34CC5CC(CC(C5)C3)C4)o2)cs1. The molecule has 2 heterocycles. The molecule has 6 nitrogen and oxygen atoms in total. The summed E-state index contributed by atoms with van der Waals surface area (Å²) in [6, 6.07) is 0. The van der Waals surface area contributed by atoms with Crippen LogP contribution >= 0.6 is 23.1 Å². The highest BCUT2D eigenvalue weighted by molar-refractivity contribution is 7.99. The Morgan fingerprint density at radius 3 is 2.59 bits per heavy atom. The Morgan fingerprint density at radius 1 is 1.26 bits per heavy atom. The summed E-state index contributed by atoms with van der Waals surface area (Å²) < 4.78 is 5.67. The Balaban J connectivity index is 1.15. The van der Waals surface area contributed by atoms with Crippen molar-refractivity contribution in [2.75, 3.05) is 5.75 Å². The molecule has 0 unspecified atom stereocenters. The lowest BCUT2D eigenvalue weighted by Crippen LogP contribution is -2.60. The second kappa shape index (κ2) is 6.88. The molecule has 4 fully saturated rings. The Kier molecular flexibility index (Phi) is 4.50. The monoisotopic (exact) mass is 404 g/mol. The van der Waals surface area contributed by atoms with Crippen molar-refractivity contribution in [2.45, 2.75) is 62.6 Å². The van der Waals surface area contributed by atoms with Crippen LogP contribution in [0.2, 0.25) is 0 Å². The smallest absolute Gasteiger partial charge is 0.277 e. The van der Waals surface area contributed by atoms with E-state index in [9.17, 15) is 4.79 Å². The second-order valence-electron chi connectivity index (χ2n) is 8.53. The maximum absolute atomic E-state index is 12.6. The lowest BCUT2D eigenvalue weighted by molar-refractivity contribution is -0.124. The third-order valence-corrected chi connectivity index (χ3v) is 7.86. The van der Waals surface area contributed by atoms with Gasteiger partial charge in [-0.1, -0.05) is 11.8 Å². The van der Waals surface area contributed by atoms with Crippen molar-refractivity contribution in [1.29, 1.82) is 0 Å². The van der Waals surface area contributed by atoms with E-state index in [2.05, 4.69) is 20.5 Å². The molecule has 4 aliphatic carbocycles. The largest absolute Gasteiger partial charge is 0.416 e. The Hall–Kier alpha value is -1.41. The van der Waals surface area contributed by atoms with Crippen molar-refractivity contribution in [2.24, 2.45) is 17.8 Å². The van der Waals surface area contributed by atoms with Crippen LogP contribution in [0.15, 0.2) is 15.0 Å². The molecule has 0 radical (unpaired) electrons. The van der Waals surface area contributed by atoms with Crippen molar-refractivity contribution in [1.82, 2.24) is 20.5 Å². The lowest BCUT2D eigenvalue weighted by Gasteiger charge is -2.56. The van der Waals surface area contributed by atoms with E-state index < -0.39 is 0 Å². The molecule has 1 N–H and O–H groups in total. The molecule has 144 valence electrons. The van der Waals surface area contributed by atoms with E-state index in [0.29, 0.717) is 23.3 Å². The van der Waals surface area contributed by atoms with E-state index in [1.54, 1.807) is 11.3 Å². The van der Waals surface area contributed by atoms with Gasteiger partial charge in [0, 0.05) is 10.9 Å². The fraction of sp³-hybridized carbons (Fsp3) is 0.684. The fourth-order valence-electron chi connectivity index (χ4n) is 5.74. The molecule has 0 saturated heterocycles. The van der Waals surface area contributed by atoms with E-state index in [1.807, 2.05) is 12.3 Å². The number of thiazole rings is 1. The predicted molar refractivity (Wildman–Crippen MR) is 104 cm³/mol. The van der Waals surface area contributed by atoms with Crippen LogP contribution in [0.25, 0.3) is 0 Å². The van der Waals surface area contributed by atoms with Crippen LogP contribution in [0.1, 0.15) is 55.1 Å². The number of nitrogens with zero attached hydrogens (tertiary/aromatic N) is 3. The number of amides is 1. The minimum atomic E-state index is 0.0644. The van der Waals surface area contributed by atoms with E-state index in [-0.39, 0.29) is 11.4 Å². The van der Waals surface area contributed by atoms with Crippen LogP contribution in [0, 0.1) is 24.7 Å². The van der Waals surface area contributed by atoms with Gasteiger partial charge < -0.3 is 9.73 Å². The molecule has 0 atom stereocenters. The van der Waals surface area contributed by atoms with Gasteiger partial charge in [0.1, 0.15) is 0 Å². The third kappa shape index (κ3) is 3.78. The van der Waals surface area contributed by atoms with E-state index >= 15 is 0 Å². The summed E-state index contributed by atoms with van der Waals surface area (Å²) in [4.78, 5) is 17.0. The van der Waals surface area contributed by atoms with E-state index in [0.717, 1.165) is 28.5 Å². The summed E-state index contributed by atoms with van der Waals surface area (Å²) in [6.45, 7) is 1.98. The molecule has 2 aromatic rings. The van der Waals surface area contributed by atoms with Gasteiger partial charge in [0.05, 0.1) is 22.9 Å². The summed E-state index contributed by atoms with van der Waals surface area (Å²) >= 11 is 2.94. The zero-order valence-electron chi connectivity index (χ0n) is 15.4. The minimum absolute atomic E-state index is 0.0644. The Labute approximate surface area is 166 Å². The van der Waals surface area contributed by atoms with Crippen molar-refractivity contribution < 1.29 is 9.21 Å². The average Bonchev–Trinajstić information content (AvgIpc) is 3.20. The molecule has 4 saturated carbocycles.